The normalized spacial score (nSPS) is 51.6. The second-order valence-electron chi connectivity index (χ2n) is 7.15. The van der Waals surface area contributed by atoms with Crippen molar-refractivity contribution in [2.75, 3.05) is 6.61 Å². The molecule has 18 heavy (non-hydrogen) atoms. The van der Waals surface area contributed by atoms with Gasteiger partial charge in [-0.15, -0.1) is 0 Å². The molecular formula is C16H24OS. The van der Waals surface area contributed by atoms with Crippen LogP contribution in [-0.2, 0) is 4.74 Å². The molecule has 0 aromatic heterocycles. The van der Waals surface area contributed by atoms with Gasteiger partial charge in [-0.2, -0.15) is 11.8 Å². The molecule has 4 fully saturated rings. The molecular weight excluding hydrogens is 240 g/mol. The Morgan fingerprint density at radius 1 is 1.17 bits per heavy atom. The predicted octanol–water partition coefficient (Wildman–Crippen LogP) is 4.09. The summed E-state index contributed by atoms with van der Waals surface area (Å²) in [5.41, 5.74) is 1.28. The van der Waals surface area contributed by atoms with Crippen LogP contribution in [0.3, 0.4) is 0 Å². The highest BCUT2D eigenvalue weighted by atomic mass is 32.2. The SMILES string of the molecule is CC(C)=COCC1CC2SC1C1C3CCC(C3)C21. The van der Waals surface area contributed by atoms with Crippen LogP contribution in [0.1, 0.15) is 39.5 Å². The van der Waals surface area contributed by atoms with E-state index in [1.54, 1.807) is 12.8 Å². The van der Waals surface area contributed by atoms with Crippen molar-refractivity contribution in [2.24, 2.45) is 29.6 Å². The summed E-state index contributed by atoms with van der Waals surface area (Å²) in [5, 5.41) is 1.94. The standard InChI is InChI=1S/C16H24OS/c1-9(2)7-17-8-12-6-13-14-10-3-4-11(5-10)15(14)16(12)18-13/h7,10-16H,3-6,8H2,1-2H3. The van der Waals surface area contributed by atoms with Crippen molar-refractivity contribution in [2.45, 2.75) is 50.0 Å². The second-order valence-corrected chi connectivity index (χ2v) is 8.57. The van der Waals surface area contributed by atoms with Gasteiger partial charge in [0.2, 0.25) is 0 Å². The second kappa shape index (κ2) is 4.19. The Morgan fingerprint density at radius 2 is 1.94 bits per heavy atom. The van der Waals surface area contributed by atoms with Gasteiger partial charge in [-0.3, -0.25) is 0 Å². The number of allylic oxidation sites excluding steroid dienone is 1. The van der Waals surface area contributed by atoms with Gasteiger partial charge < -0.3 is 4.74 Å². The minimum absolute atomic E-state index is 0.844. The van der Waals surface area contributed by atoms with Gasteiger partial charge in [0, 0.05) is 16.4 Å². The zero-order valence-electron chi connectivity index (χ0n) is 11.5. The minimum atomic E-state index is 0.844. The molecule has 0 N–H and O–H groups in total. The third-order valence-corrected chi connectivity index (χ3v) is 7.69. The van der Waals surface area contributed by atoms with E-state index in [0.717, 1.165) is 46.7 Å². The highest BCUT2D eigenvalue weighted by Crippen LogP contribution is 2.68. The van der Waals surface area contributed by atoms with E-state index in [-0.39, 0.29) is 0 Å². The van der Waals surface area contributed by atoms with Crippen LogP contribution >= 0.6 is 11.8 Å². The van der Waals surface area contributed by atoms with E-state index in [0.29, 0.717) is 0 Å². The van der Waals surface area contributed by atoms with Crippen LogP contribution in [0.2, 0.25) is 0 Å². The zero-order chi connectivity index (χ0) is 12.3. The smallest absolute Gasteiger partial charge is 0.0912 e. The van der Waals surface area contributed by atoms with Crippen LogP contribution in [0.15, 0.2) is 11.8 Å². The molecule has 2 saturated carbocycles. The first-order valence-corrected chi connectivity index (χ1v) is 8.59. The zero-order valence-corrected chi connectivity index (χ0v) is 12.3. The monoisotopic (exact) mass is 264 g/mol. The summed E-state index contributed by atoms with van der Waals surface area (Å²) in [6, 6.07) is 0. The molecule has 2 heterocycles. The molecule has 2 aliphatic heterocycles. The van der Waals surface area contributed by atoms with Crippen LogP contribution < -0.4 is 0 Å². The first-order valence-electron chi connectivity index (χ1n) is 7.64. The Kier molecular flexibility index (Phi) is 2.72. The lowest BCUT2D eigenvalue weighted by Crippen LogP contribution is -2.38. The van der Waals surface area contributed by atoms with Crippen LogP contribution in [0, 0.1) is 29.6 Å². The molecule has 0 spiro atoms. The lowest BCUT2D eigenvalue weighted by atomic mass is 9.68. The van der Waals surface area contributed by atoms with Gasteiger partial charge in [-0.1, -0.05) is 0 Å². The first kappa shape index (κ1) is 11.7. The summed E-state index contributed by atoms with van der Waals surface area (Å²) in [6.45, 7) is 5.20. The molecule has 1 nitrogen and oxygen atoms in total. The molecule has 100 valence electrons. The Hall–Kier alpha value is -0.110. The lowest BCUT2D eigenvalue weighted by molar-refractivity contribution is 0.109. The third-order valence-electron chi connectivity index (χ3n) is 5.82. The number of ether oxygens (including phenoxy) is 1. The maximum absolute atomic E-state index is 5.78. The number of hydrogen-bond acceptors (Lipinski definition) is 2. The molecule has 0 radical (unpaired) electrons. The molecule has 4 aliphatic rings. The van der Waals surface area contributed by atoms with Crippen molar-refractivity contribution in [1.29, 1.82) is 0 Å². The number of rotatable bonds is 3. The Morgan fingerprint density at radius 3 is 2.72 bits per heavy atom. The fourth-order valence-corrected chi connectivity index (χ4v) is 7.72. The molecule has 0 aromatic rings. The fourth-order valence-electron chi connectivity index (χ4n) is 5.37. The summed E-state index contributed by atoms with van der Waals surface area (Å²) >= 11 is 2.34. The summed E-state index contributed by atoms with van der Waals surface area (Å²) in [6.07, 6.45) is 8.06. The van der Waals surface area contributed by atoms with Gasteiger partial charge >= 0.3 is 0 Å². The van der Waals surface area contributed by atoms with E-state index in [1.807, 2.05) is 6.26 Å². The Labute approximate surface area is 115 Å². The molecule has 7 atom stereocenters. The third kappa shape index (κ3) is 1.60. The summed E-state index contributed by atoms with van der Waals surface area (Å²) in [7, 11) is 0. The van der Waals surface area contributed by atoms with Crippen molar-refractivity contribution < 1.29 is 4.74 Å². The van der Waals surface area contributed by atoms with Gasteiger partial charge in [0.1, 0.15) is 0 Å². The van der Waals surface area contributed by atoms with Crippen molar-refractivity contribution in [3.63, 3.8) is 0 Å². The predicted molar refractivity (Wildman–Crippen MR) is 76.5 cm³/mol. The molecule has 2 aliphatic carbocycles. The van der Waals surface area contributed by atoms with Crippen molar-refractivity contribution in [1.82, 2.24) is 0 Å². The van der Waals surface area contributed by atoms with Crippen LogP contribution in [0.25, 0.3) is 0 Å². The van der Waals surface area contributed by atoms with Gasteiger partial charge in [-0.25, -0.2) is 0 Å². The van der Waals surface area contributed by atoms with E-state index in [2.05, 4.69) is 25.6 Å². The van der Waals surface area contributed by atoms with Crippen LogP contribution in [0.5, 0.6) is 0 Å². The molecule has 0 aromatic carbocycles. The summed E-state index contributed by atoms with van der Waals surface area (Å²) in [4.78, 5) is 0. The van der Waals surface area contributed by atoms with Crippen molar-refractivity contribution in [3.8, 4) is 0 Å². The maximum atomic E-state index is 5.78. The minimum Gasteiger partial charge on any atom is -0.501 e. The Bertz CT molecular complexity index is 373. The van der Waals surface area contributed by atoms with E-state index in [1.165, 1.54) is 18.4 Å². The molecule has 2 saturated heterocycles. The number of fused-ring (bicyclic) bond motifs is 9. The van der Waals surface area contributed by atoms with Gasteiger partial charge in [0.15, 0.2) is 0 Å². The van der Waals surface area contributed by atoms with Crippen molar-refractivity contribution in [3.05, 3.63) is 11.8 Å². The topological polar surface area (TPSA) is 9.23 Å². The van der Waals surface area contributed by atoms with E-state index in [9.17, 15) is 0 Å². The van der Waals surface area contributed by atoms with Crippen LogP contribution in [-0.4, -0.2) is 17.1 Å². The van der Waals surface area contributed by atoms with E-state index < -0.39 is 0 Å². The molecule has 0 amide bonds. The van der Waals surface area contributed by atoms with Gasteiger partial charge in [0.25, 0.3) is 0 Å². The Balaban J connectivity index is 1.44. The average Bonchev–Trinajstić information content (AvgIpc) is 3.06. The highest BCUT2D eigenvalue weighted by Gasteiger charge is 2.62. The van der Waals surface area contributed by atoms with Gasteiger partial charge in [0.05, 0.1) is 12.9 Å². The van der Waals surface area contributed by atoms with Crippen LogP contribution in [0.4, 0.5) is 0 Å². The molecule has 4 rings (SSSR count). The molecule has 4 bridgehead atoms. The maximum Gasteiger partial charge on any atom is 0.0912 e. The fraction of sp³-hybridized carbons (Fsp3) is 0.875. The highest BCUT2D eigenvalue weighted by molar-refractivity contribution is 8.01. The first-order chi connectivity index (χ1) is 8.74. The summed E-state index contributed by atoms with van der Waals surface area (Å²) < 4.78 is 5.78. The number of hydrogen-bond donors (Lipinski definition) is 0. The largest absolute Gasteiger partial charge is 0.501 e. The summed E-state index contributed by atoms with van der Waals surface area (Å²) in [5.74, 6) is 5.23. The lowest BCUT2D eigenvalue weighted by Gasteiger charge is -2.37. The molecule has 7 unspecified atom stereocenters. The van der Waals surface area contributed by atoms with Crippen molar-refractivity contribution >= 4 is 11.8 Å². The number of thioether (sulfide) groups is 1. The van der Waals surface area contributed by atoms with E-state index >= 15 is 0 Å². The quantitative estimate of drug-likeness (QED) is 0.710. The average molecular weight is 264 g/mol. The van der Waals surface area contributed by atoms with E-state index in [4.69, 9.17) is 4.74 Å². The van der Waals surface area contributed by atoms with Gasteiger partial charge in [-0.05, 0) is 68.8 Å². The molecule has 2 heteroatoms.